The Labute approximate surface area is 173 Å². The maximum absolute atomic E-state index is 12.4. The number of ether oxygens (including phenoxy) is 4. The van der Waals surface area contributed by atoms with Crippen LogP contribution in [0.4, 0.5) is 5.13 Å². The minimum Gasteiger partial charge on any atom is -0.494 e. The van der Waals surface area contributed by atoms with Gasteiger partial charge in [-0.1, -0.05) is 11.3 Å². The number of amides is 1. The van der Waals surface area contributed by atoms with Gasteiger partial charge in [0.1, 0.15) is 5.75 Å². The van der Waals surface area contributed by atoms with Crippen molar-refractivity contribution in [3.63, 3.8) is 0 Å². The molecule has 0 fully saturated rings. The Morgan fingerprint density at radius 2 is 1.79 bits per heavy atom. The van der Waals surface area contributed by atoms with Gasteiger partial charge in [-0.2, -0.15) is 0 Å². The molecule has 1 N–H and O–H groups in total. The lowest BCUT2D eigenvalue weighted by atomic mass is 10.1. The van der Waals surface area contributed by atoms with E-state index in [1.165, 1.54) is 11.3 Å². The minimum absolute atomic E-state index is 0.108. The zero-order valence-corrected chi connectivity index (χ0v) is 17.7. The van der Waals surface area contributed by atoms with E-state index in [4.69, 9.17) is 18.9 Å². The maximum Gasteiger partial charge on any atom is 0.226 e. The van der Waals surface area contributed by atoms with Crippen LogP contribution in [-0.4, -0.2) is 38.8 Å². The number of hydrogen-bond donors (Lipinski definition) is 1. The number of carbonyl (C=O) groups is 1. The molecule has 29 heavy (non-hydrogen) atoms. The van der Waals surface area contributed by atoms with Crippen molar-refractivity contribution in [1.82, 2.24) is 4.98 Å². The predicted molar refractivity (Wildman–Crippen MR) is 114 cm³/mol. The van der Waals surface area contributed by atoms with Gasteiger partial charge in [-0.3, -0.25) is 4.79 Å². The Kier molecular flexibility index (Phi) is 6.77. The zero-order chi connectivity index (χ0) is 20.8. The predicted octanol–water partition coefficient (Wildman–Crippen LogP) is 4.29. The molecule has 1 amide bonds. The van der Waals surface area contributed by atoms with Crippen molar-refractivity contribution in [2.75, 3.05) is 33.3 Å². The molecule has 0 aliphatic carbocycles. The van der Waals surface area contributed by atoms with Gasteiger partial charge in [0.2, 0.25) is 11.7 Å². The summed E-state index contributed by atoms with van der Waals surface area (Å²) in [5.41, 5.74) is 1.75. The Balaban J connectivity index is 1.66. The fraction of sp³-hybridized carbons (Fsp3) is 0.333. The summed E-state index contributed by atoms with van der Waals surface area (Å²) in [7, 11) is 4.69. The van der Waals surface area contributed by atoms with E-state index in [-0.39, 0.29) is 5.91 Å². The van der Waals surface area contributed by atoms with Crippen molar-refractivity contribution >= 4 is 32.6 Å². The van der Waals surface area contributed by atoms with Crippen molar-refractivity contribution in [3.8, 4) is 23.0 Å². The largest absolute Gasteiger partial charge is 0.494 e. The quantitative estimate of drug-likeness (QED) is 0.561. The van der Waals surface area contributed by atoms with Gasteiger partial charge in [0, 0.05) is 6.42 Å². The highest BCUT2D eigenvalue weighted by Crippen LogP contribution is 2.38. The van der Waals surface area contributed by atoms with Crippen LogP contribution in [0.1, 0.15) is 18.9 Å². The van der Waals surface area contributed by atoms with Crippen molar-refractivity contribution in [1.29, 1.82) is 0 Å². The summed E-state index contributed by atoms with van der Waals surface area (Å²) in [5, 5.41) is 3.45. The summed E-state index contributed by atoms with van der Waals surface area (Å²) in [4.78, 5) is 16.9. The van der Waals surface area contributed by atoms with E-state index in [0.29, 0.717) is 41.8 Å². The Morgan fingerprint density at radius 3 is 2.41 bits per heavy atom. The topological polar surface area (TPSA) is 78.9 Å². The first-order valence-corrected chi connectivity index (χ1v) is 10.0. The number of carbonyl (C=O) groups excluding carboxylic acids is 1. The number of methoxy groups -OCH3 is 3. The third kappa shape index (κ3) is 4.89. The molecule has 0 bridgehead atoms. The molecule has 0 atom stereocenters. The molecule has 3 rings (SSSR count). The average molecular weight is 416 g/mol. The van der Waals surface area contributed by atoms with Gasteiger partial charge >= 0.3 is 0 Å². The Bertz CT molecular complexity index is 977. The molecule has 0 unspecified atom stereocenters. The Morgan fingerprint density at radius 1 is 1.07 bits per heavy atom. The molecule has 7 nitrogen and oxygen atoms in total. The van der Waals surface area contributed by atoms with E-state index >= 15 is 0 Å². The number of nitrogens with one attached hydrogen (secondary N) is 1. The van der Waals surface area contributed by atoms with Crippen LogP contribution in [0.2, 0.25) is 0 Å². The molecular weight excluding hydrogens is 392 g/mol. The molecule has 2 aromatic carbocycles. The van der Waals surface area contributed by atoms with E-state index in [9.17, 15) is 4.79 Å². The van der Waals surface area contributed by atoms with Crippen LogP contribution >= 0.6 is 11.3 Å². The highest BCUT2D eigenvalue weighted by molar-refractivity contribution is 7.22. The number of aromatic nitrogens is 1. The van der Waals surface area contributed by atoms with Gasteiger partial charge in [0.25, 0.3) is 0 Å². The van der Waals surface area contributed by atoms with Crippen molar-refractivity contribution in [2.24, 2.45) is 0 Å². The SMILES string of the molecule is CCOc1ccc2nc(NC(=O)CCc3cc(OC)c(OC)c(OC)c3)sc2c1. The molecule has 3 aromatic rings. The third-order valence-corrected chi connectivity index (χ3v) is 5.22. The molecular formula is C21H24N2O5S. The maximum atomic E-state index is 12.4. The van der Waals surface area contributed by atoms with E-state index in [2.05, 4.69) is 10.3 Å². The van der Waals surface area contributed by atoms with E-state index in [1.807, 2.05) is 37.3 Å². The zero-order valence-electron chi connectivity index (χ0n) is 16.9. The summed E-state index contributed by atoms with van der Waals surface area (Å²) in [6.45, 7) is 2.55. The van der Waals surface area contributed by atoms with E-state index < -0.39 is 0 Å². The van der Waals surface area contributed by atoms with E-state index in [0.717, 1.165) is 21.5 Å². The number of thiazole rings is 1. The van der Waals surface area contributed by atoms with Crippen LogP contribution in [0.25, 0.3) is 10.2 Å². The second-order valence-corrected chi connectivity index (χ2v) is 7.19. The summed E-state index contributed by atoms with van der Waals surface area (Å²) < 4.78 is 22.5. The summed E-state index contributed by atoms with van der Waals surface area (Å²) in [6, 6.07) is 9.40. The van der Waals surface area contributed by atoms with Gasteiger partial charge < -0.3 is 24.3 Å². The highest BCUT2D eigenvalue weighted by Gasteiger charge is 2.14. The van der Waals surface area contributed by atoms with Gasteiger partial charge in [-0.25, -0.2) is 4.98 Å². The fourth-order valence-electron chi connectivity index (χ4n) is 2.93. The van der Waals surface area contributed by atoms with Crippen LogP contribution in [0.3, 0.4) is 0 Å². The van der Waals surface area contributed by atoms with Crippen LogP contribution in [-0.2, 0) is 11.2 Å². The third-order valence-electron chi connectivity index (χ3n) is 4.28. The number of hydrogen-bond acceptors (Lipinski definition) is 7. The van der Waals surface area contributed by atoms with Crippen molar-refractivity contribution in [2.45, 2.75) is 19.8 Å². The molecule has 0 aliphatic heterocycles. The monoisotopic (exact) mass is 416 g/mol. The summed E-state index contributed by atoms with van der Waals surface area (Å²) in [6.07, 6.45) is 0.834. The standard InChI is InChI=1S/C21H24N2O5S/c1-5-28-14-7-8-15-18(12-14)29-21(22-15)23-19(24)9-6-13-10-16(25-2)20(27-4)17(11-13)26-3/h7-8,10-12H,5-6,9H2,1-4H3,(H,22,23,24). The lowest BCUT2D eigenvalue weighted by Gasteiger charge is -2.14. The molecule has 8 heteroatoms. The highest BCUT2D eigenvalue weighted by atomic mass is 32.1. The minimum atomic E-state index is -0.108. The van der Waals surface area contributed by atoms with Crippen LogP contribution in [0, 0.1) is 0 Å². The average Bonchev–Trinajstić information content (AvgIpc) is 3.12. The number of benzene rings is 2. The number of nitrogens with zero attached hydrogens (tertiary/aromatic N) is 1. The van der Waals surface area contributed by atoms with Crippen molar-refractivity contribution in [3.05, 3.63) is 35.9 Å². The number of aryl methyl sites for hydroxylation is 1. The van der Waals surface area contributed by atoms with Gasteiger partial charge in [-0.15, -0.1) is 0 Å². The first-order chi connectivity index (χ1) is 14.1. The molecule has 154 valence electrons. The van der Waals surface area contributed by atoms with Gasteiger partial charge in [0.05, 0.1) is 38.2 Å². The van der Waals surface area contributed by atoms with Crippen LogP contribution in [0.5, 0.6) is 23.0 Å². The van der Waals surface area contributed by atoms with Gasteiger partial charge in [-0.05, 0) is 49.2 Å². The molecule has 0 saturated heterocycles. The molecule has 1 heterocycles. The van der Waals surface area contributed by atoms with Crippen LogP contribution < -0.4 is 24.3 Å². The number of anilines is 1. The first kappa shape index (κ1) is 20.7. The summed E-state index contributed by atoms with van der Waals surface area (Å²) in [5.74, 6) is 2.35. The van der Waals surface area contributed by atoms with Crippen molar-refractivity contribution < 1.29 is 23.7 Å². The second-order valence-electron chi connectivity index (χ2n) is 6.16. The van der Waals surface area contributed by atoms with E-state index in [1.54, 1.807) is 21.3 Å². The first-order valence-electron chi connectivity index (χ1n) is 9.20. The smallest absolute Gasteiger partial charge is 0.226 e. The molecule has 0 aliphatic rings. The lowest BCUT2D eigenvalue weighted by molar-refractivity contribution is -0.116. The number of fused-ring (bicyclic) bond motifs is 1. The molecule has 1 aromatic heterocycles. The second kappa shape index (κ2) is 9.47. The summed E-state index contributed by atoms with van der Waals surface area (Å²) >= 11 is 1.42. The normalized spacial score (nSPS) is 10.6. The Hall–Kier alpha value is -3.00. The van der Waals surface area contributed by atoms with Crippen LogP contribution in [0.15, 0.2) is 30.3 Å². The molecule has 0 saturated carbocycles. The molecule has 0 spiro atoms. The fourth-order valence-corrected chi connectivity index (χ4v) is 3.84. The lowest BCUT2D eigenvalue weighted by Crippen LogP contribution is -2.12. The molecule has 0 radical (unpaired) electrons. The number of rotatable bonds is 9. The van der Waals surface area contributed by atoms with Gasteiger partial charge in [0.15, 0.2) is 16.6 Å².